The Labute approximate surface area is 201 Å². The molecule has 5 heterocycles. The van der Waals surface area contributed by atoms with Gasteiger partial charge in [-0.15, -0.1) is 0 Å². The van der Waals surface area contributed by atoms with Gasteiger partial charge in [-0.2, -0.15) is 0 Å². The Morgan fingerprint density at radius 1 is 0.559 bits per heavy atom. The number of rotatable bonds is 2. The molecule has 0 unspecified atom stereocenters. The fourth-order valence-electron chi connectivity index (χ4n) is 5.80. The van der Waals surface area contributed by atoms with E-state index in [9.17, 15) is 0 Å². The fourth-order valence-corrected chi connectivity index (χ4v) is 5.80. The molecule has 0 amide bonds. The number of nitrogens with zero attached hydrogens (tertiary/aromatic N) is 4. The Kier molecular flexibility index (Phi) is 4.70. The summed E-state index contributed by atoms with van der Waals surface area (Å²) in [6.07, 6.45) is 12.7. The molecule has 8 bridgehead atoms. The van der Waals surface area contributed by atoms with Gasteiger partial charge < -0.3 is 0 Å². The predicted octanol–water partition coefficient (Wildman–Crippen LogP) is 7.23. The van der Waals surface area contributed by atoms with Gasteiger partial charge >= 0.3 is 0 Å². The number of hydrogen-bond donors (Lipinski definition) is 0. The molecule has 0 spiro atoms. The molecule has 0 aromatic carbocycles. The Morgan fingerprint density at radius 3 is 1.65 bits per heavy atom. The highest BCUT2D eigenvalue weighted by molar-refractivity contribution is 6.20. The summed E-state index contributed by atoms with van der Waals surface area (Å²) in [5.74, 6) is 0. The van der Waals surface area contributed by atoms with Crippen LogP contribution in [0.25, 0.3) is 0 Å². The summed E-state index contributed by atoms with van der Waals surface area (Å²) in [6.45, 7) is 13.1. The molecule has 0 saturated heterocycles. The van der Waals surface area contributed by atoms with E-state index in [0.29, 0.717) is 0 Å². The zero-order valence-electron chi connectivity index (χ0n) is 20.9. The molecule has 4 heteroatoms. The largest absolute Gasteiger partial charge is 0.248 e. The topological polar surface area (TPSA) is 49.4 Å². The third kappa shape index (κ3) is 2.97. The molecule has 0 fully saturated rings. The Balaban J connectivity index is 1.63. The minimum absolute atomic E-state index is 0.941. The maximum absolute atomic E-state index is 5.13. The third-order valence-electron chi connectivity index (χ3n) is 7.87. The van der Waals surface area contributed by atoms with E-state index in [1.165, 1.54) is 44.6 Å². The van der Waals surface area contributed by atoms with Gasteiger partial charge in [0.05, 0.1) is 45.6 Å². The van der Waals surface area contributed by atoms with E-state index < -0.39 is 0 Å². The van der Waals surface area contributed by atoms with Crippen molar-refractivity contribution in [3.8, 4) is 0 Å². The number of fused-ring (bicyclic) bond motifs is 4. The molecular weight excluding hydrogens is 416 g/mol. The van der Waals surface area contributed by atoms with Gasteiger partial charge in [0.2, 0.25) is 0 Å². The molecule has 0 radical (unpaired) electrons. The summed E-state index contributed by atoms with van der Waals surface area (Å²) in [7, 11) is 0. The maximum Gasteiger partial charge on any atom is 0.0726 e. The van der Waals surface area contributed by atoms with Crippen molar-refractivity contribution in [1.29, 1.82) is 0 Å². The molecule has 170 valence electrons. The third-order valence-corrected chi connectivity index (χ3v) is 7.87. The fraction of sp³-hybridized carbons (Fsp3) is 0.333. The van der Waals surface area contributed by atoms with Crippen LogP contribution >= 0.6 is 0 Å². The van der Waals surface area contributed by atoms with Crippen LogP contribution in [-0.2, 0) is 0 Å². The van der Waals surface area contributed by atoms with Crippen LogP contribution in [0.1, 0.15) is 67.2 Å². The summed E-state index contributed by atoms with van der Waals surface area (Å²) in [4.78, 5) is 20.4. The smallest absolute Gasteiger partial charge is 0.0726 e. The quantitative estimate of drug-likeness (QED) is 0.429. The second-order valence-electron chi connectivity index (χ2n) is 9.75. The number of aliphatic imine (C=N–C) groups is 4. The summed E-state index contributed by atoms with van der Waals surface area (Å²) in [6, 6.07) is 0. The molecule has 0 atom stereocenters. The van der Waals surface area contributed by atoms with Crippen molar-refractivity contribution in [2.75, 3.05) is 0 Å². The molecule has 0 aromatic heterocycles. The molecule has 4 nitrogen and oxygen atoms in total. The lowest BCUT2D eigenvalue weighted by Gasteiger charge is -2.04. The average molecular weight is 447 g/mol. The summed E-state index contributed by atoms with van der Waals surface area (Å²) in [5, 5.41) is 0. The zero-order chi connectivity index (χ0) is 23.7. The van der Waals surface area contributed by atoms with Crippen molar-refractivity contribution in [3.05, 3.63) is 91.7 Å². The molecule has 5 aliphatic heterocycles. The molecule has 6 rings (SSSR count). The van der Waals surface area contributed by atoms with Gasteiger partial charge in [-0.05, 0) is 117 Å². The van der Waals surface area contributed by atoms with Gasteiger partial charge in [-0.3, -0.25) is 0 Å². The zero-order valence-corrected chi connectivity index (χ0v) is 20.9. The van der Waals surface area contributed by atoms with Crippen molar-refractivity contribution < 1.29 is 0 Å². The van der Waals surface area contributed by atoms with Crippen LogP contribution in [-0.4, -0.2) is 22.8 Å². The van der Waals surface area contributed by atoms with E-state index in [0.717, 1.165) is 71.3 Å². The standard InChI is InChI=1S/C30H30N4/c1-7-19-16(4)24-12-23-15(3)11-27(31-23)22-10-9-21-18(6)26(34-30(21)22)14-29-20(8-2)17(5)25(33-29)13-28(19)32-24/h11-14H,7-10H2,1-6H3. The van der Waals surface area contributed by atoms with Crippen molar-refractivity contribution in [2.24, 2.45) is 20.0 Å². The summed E-state index contributed by atoms with van der Waals surface area (Å²) >= 11 is 0. The first kappa shape index (κ1) is 21.2. The first-order valence-corrected chi connectivity index (χ1v) is 12.4. The van der Waals surface area contributed by atoms with Gasteiger partial charge in [-0.25, -0.2) is 20.0 Å². The second kappa shape index (κ2) is 7.56. The summed E-state index contributed by atoms with van der Waals surface area (Å²) < 4.78 is 0. The van der Waals surface area contributed by atoms with E-state index in [1.807, 2.05) is 0 Å². The minimum atomic E-state index is 0.941. The SMILES string of the molecule is CCC1=C(C)C2=NC1=CC1=NC(=CC3=NC4=C(CCC4=C3C)C3=NC(=C2)C(C)=C3)C(CC)=C1C. The van der Waals surface area contributed by atoms with E-state index in [-0.39, 0.29) is 0 Å². The van der Waals surface area contributed by atoms with Gasteiger partial charge in [0.25, 0.3) is 0 Å². The van der Waals surface area contributed by atoms with Gasteiger partial charge in [0, 0.05) is 5.57 Å². The average Bonchev–Trinajstić information content (AvgIpc) is 3.58. The van der Waals surface area contributed by atoms with Crippen LogP contribution in [0.4, 0.5) is 0 Å². The van der Waals surface area contributed by atoms with E-state index in [4.69, 9.17) is 20.0 Å². The van der Waals surface area contributed by atoms with Crippen LogP contribution in [0.15, 0.2) is 112 Å². The molecule has 6 aliphatic rings. The first-order chi connectivity index (χ1) is 16.4. The number of hydrogen-bond acceptors (Lipinski definition) is 4. The lowest BCUT2D eigenvalue weighted by atomic mass is 9.99. The van der Waals surface area contributed by atoms with E-state index in [1.54, 1.807) is 0 Å². The molecule has 34 heavy (non-hydrogen) atoms. The highest BCUT2D eigenvalue weighted by Gasteiger charge is 2.32. The summed E-state index contributed by atoms with van der Waals surface area (Å²) in [5.41, 5.74) is 18.5. The Hall–Kier alpha value is -3.40. The maximum atomic E-state index is 5.13. The molecule has 1 aliphatic carbocycles. The molecule has 0 saturated carbocycles. The molecule has 0 N–H and O–H groups in total. The van der Waals surface area contributed by atoms with Crippen molar-refractivity contribution in [3.63, 3.8) is 0 Å². The van der Waals surface area contributed by atoms with Gasteiger partial charge in [-0.1, -0.05) is 13.8 Å². The van der Waals surface area contributed by atoms with Crippen LogP contribution < -0.4 is 0 Å². The van der Waals surface area contributed by atoms with Crippen molar-refractivity contribution >= 4 is 22.8 Å². The normalized spacial score (nSPS) is 23.4. The van der Waals surface area contributed by atoms with Crippen LogP contribution in [0, 0.1) is 0 Å². The van der Waals surface area contributed by atoms with Crippen molar-refractivity contribution in [2.45, 2.75) is 67.2 Å². The lowest BCUT2D eigenvalue weighted by Crippen LogP contribution is -1.98. The first-order valence-electron chi connectivity index (χ1n) is 12.4. The van der Waals surface area contributed by atoms with Gasteiger partial charge in [0.1, 0.15) is 0 Å². The van der Waals surface area contributed by atoms with E-state index >= 15 is 0 Å². The van der Waals surface area contributed by atoms with Crippen LogP contribution in [0.3, 0.4) is 0 Å². The highest BCUT2D eigenvalue weighted by atomic mass is 14.9. The molecule has 0 aromatic rings. The number of allylic oxidation sites excluding steroid dienone is 12. The Morgan fingerprint density at radius 2 is 1.06 bits per heavy atom. The molecular formula is C30H30N4. The van der Waals surface area contributed by atoms with Crippen LogP contribution in [0.5, 0.6) is 0 Å². The van der Waals surface area contributed by atoms with Crippen molar-refractivity contribution in [1.82, 2.24) is 0 Å². The highest BCUT2D eigenvalue weighted by Crippen LogP contribution is 2.42. The minimum Gasteiger partial charge on any atom is -0.248 e. The monoisotopic (exact) mass is 446 g/mol. The lowest BCUT2D eigenvalue weighted by molar-refractivity contribution is 1.03. The van der Waals surface area contributed by atoms with Gasteiger partial charge in [0.15, 0.2) is 0 Å². The van der Waals surface area contributed by atoms with E-state index in [2.05, 4.69) is 65.8 Å². The predicted molar refractivity (Wildman–Crippen MR) is 143 cm³/mol. The second-order valence-corrected chi connectivity index (χ2v) is 9.75. The van der Waals surface area contributed by atoms with Crippen LogP contribution in [0.2, 0.25) is 0 Å². The Bertz CT molecular complexity index is 1460.